The third-order valence-corrected chi connectivity index (χ3v) is 1.64. The van der Waals surface area contributed by atoms with Crippen LogP contribution in [-0.4, -0.2) is 25.8 Å². The predicted molar refractivity (Wildman–Crippen MR) is 43.8 cm³/mol. The van der Waals surface area contributed by atoms with Gasteiger partial charge in [-0.1, -0.05) is 26.2 Å². The average molecular weight is 145 g/mol. The van der Waals surface area contributed by atoms with Gasteiger partial charge >= 0.3 is 0 Å². The Hall–Kier alpha value is -0.0800. The number of hydroxylamine groups is 2. The van der Waals surface area contributed by atoms with Crippen molar-refractivity contribution in [2.75, 3.05) is 20.7 Å². The Bertz CT molecular complexity index is 66.3. The summed E-state index contributed by atoms with van der Waals surface area (Å²) < 4.78 is 0. The van der Waals surface area contributed by atoms with Crippen molar-refractivity contribution in [1.82, 2.24) is 5.06 Å². The second-order valence-corrected chi connectivity index (χ2v) is 2.59. The van der Waals surface area contributed by atoms with Gasteiger partial charge in [0.1, 0.15) is 0 Å². The lowest BCUT2D eigenvalue weighted by Crippen LogP contribution is -2.17. The summed E-state index contributed by atoms with van der Waals surface area (Å²) in [5.41, 5.74) is 0. The topological polar surface area (TPSA) is 12.5 Å². The van der Waals surface area contributed by atoms with E-state index in [2.05, 4.69) is 6.92 Å². The lowest BCUT2D eigenvalue weighted by atomic mass is 10.2. The number of rotatable bonds is 6. The molecule has 0 bridgehead atoms. The van der Waals surface area contributed by atoms with Crippen LogP contribution in [0.3, 0.4) is 0 Å². The Labute approximate surface area is 64.1 Å². The van der Waals surface area contributed by atoms with E-state index in [-0.39, 0.29) is 0 Å². The molecule has 0 atom stereocenters. The summed E-state index contributed by atoms with van der Waals surface area (Å²) in [5.74, 6) is 0. The maximum Gasteiger partial charge on any atom is 0.0575 e. The first-order valence-corrected chi connectivity index (χ1v) is 4.06. The van der Waals surface area contributed by atoms with Gasteiger partial charge in [0.25, 0.3) is 0 Å². The Morgan fingerprint density at radius 1 is 1.20 bits per heavy atom. The summed E-state index contributed by atoms with van der Waals surface area (Å²) in [6.45, 7) is 3.27. The SMILES string of the molecule is CCCCCCN(C)OC. The standard InChI is InChI=1S/C8H19NO/c1-4-5-6-7-8-9(2)10-3/h4-8H2,1-3H3. The summed E-state index contributed by atoms with van der Waals surface area (Å²) in [6.07, 6.45) is 5.22. The molecule has 0 heterocycles. The zero-order valence-corrected chi connectivity index (χ0v) is 7.39. The van der Waals surface area contributed by atoms with Gasteiger partial charge in [-0.3, -0.25) is 0 Å². The molecule has 2 nitrogen and oxygen atoms in total. The molecule has 0 aliphatic carbocycles. The van der Waals surface area contributed by atoms with E-state index in [4.69, 9.17) is 4.84 Å². The van der Waals surface area contributed by atoms with Crippen LogP contribution in [0, 0.1) is 0 Å². The molecule has 0 spiro atoms. The van der Waals surface area contributed by atoms with E-state index in [9.17, 15) is 0 Å². The van der Waals surface area contributed by atoms with Crippen LogP contribution in [0.1, 0.15) is 32.6 Å². The van der Waals surface area contributed by atoms with E-state index in [1.165, 1.54) is 25.7 Å². The van der Waals surface area contributed by atoms with E-state index in [0.717, 1.165) is 6.54 Å². The number of unbranched alkanes of at least 4 members (excludes halogenated alkanes) is 3. The van der Waals surface area contributed by atoms with Crippen molar-refractivity contribution in [1.29, 1.82) is 0 Å². The third kappa shape index (κ3) is 6.05. The van der Waals surface area contributed by atoms with Crippen molar-refractivity contribution < 1.29 is 4.84 Å². The van der Waals surface area contributed by atoms with Crippen LogP contribution >= 0.6 is 0 Å². The van der Waals surface area contributed by atoms with Crippen LogP contribution in [0.2, 0.25) is 0 Å². The first kappa shape index (κ1) is 9.92. The Morgan fingerprint density at radius 2 is 1.90 bits per heavy atom. The highest BCUT2D eigenvalue weighted by Crippen LogP contribution is 1.99. The largest absolute Gasteiger partial charge is 0.303 e. The molecule has 0 radical (unpaired) electrons. The Kier molecular flexibility index (Phi) is 6.98. The van der Waals surface area contributed by atoms with Crippen LogP contribution in [-0.2, 0) is 4.84 Å². The fourth-order valence-corrected chi connectivity index (χ4v) is 0.853. The van der Waals surface area contributed by atoms with Crippen LogP contribution in [0.15, 0.2) is 0 Å². The average Bonchev–Trinajstić information content (AvgIpc) is 1.98. The fraction of sp³-hybridized carbons (Fsp3) is 1.00. The molecule has 0 saturated heterocycles. The Balaban J connectivity index is 2.89. The van der Waals surface area contributed by atoms with E-state index >= 15 is 0 Å². The molecule has 0 aromatic rings. The second kappa shape index (κ2) is 7.03. The molecule has 62 valence electrons. The van der Waals surface area contributed by atoms with Gasteiger partial charge in [0.15, 0.2) is 0 Å². The maximum atomic E-state index is 4.96. The van der Waals surface area contributed by atoms with Gasteiger partial charge in [0.05, 0.1) is 7.11 Å². The normalized spacial score (nSPS) is 10.8. The van der Waals surface area contributed by atoms with Crippen LogP contribution < -0.4 is 0 Å². The molecule has 0 unspecified atom stereocenters. The minimum atomic E-state index is 1.05. The summed E-state index contributed by atoms with van der Waals surface area (Å²) in [7, 11) is 3.67. The lowest BCUT2D eigenvalue weighted by Gasteiger charge is -2.12. The minimum absolute atomic E-state index is 1.05. The molecular weight excluding hydrogens is 126 g/mol. The molecular formula is C8H19NO. The molecule has 0 amide bonds. The van der Waals surface area contributed by atoms with Crippen LogP contribution in [0.25, 0.3) is 0 Å². The maximum absolute atomic E-state index is 4.96. The lowest BCUT2D eigenvalue weighted by molar-refractivity contribution is -0.109. The van der Waals surface area contributed by atoms with Gasteiger partial charge in [-0.2, -0.15) is 5.06 Å². The third-order valence-electron chi connectivity index (χ3n) is 1.64. The van der Waals surface area contributed by atoms with E-state index in [1.54, 1.807) is 7.11 Å². The zero-order chi connectivity index (χ0) is 7.82. The molecule has 0 aromatic heterocycles. The molecule has 0 N–H and O–H groups in total. The summed E-state index contributed by atoms with van der Waals surface area (Å²) >= 11 is 0. The van der Waals surface area contributed by atoms with Gasteiger partial charge in [-0.05, 0) is 6.42 Å². The number of nitrogens with zero attached hydrogens (tertiary/aromatic N) is 1. The molecule has 0 aromatic carbocycles. The minimum Gasteiger partial charge on any atom is -0.303 e. The van der Waals surface area contributed by atoms with Crippen LogP contribution in [0.5, 0.6) is 0 Å². The summed E-state index contributed by atoms with van der Waals surface area (Å²) in [4.78, 5) is 4.96. The molecule has 0 aliphatic rings. The summed E-state index contributed by atoms with van der Waals surface area (Å²) in [6, 6.07) is 0. The fourth-order valence-electron chi connectivity index (χ4n) is 0.853. The smallest absolute Gasteiger partial charge is 0.0575 e. The highest BCUT2D eigenvalue weighted by Gasteiger charge is 1.92. The quantitative estimate of drug-likeness (QED) is 0.419. The van der Waals surface area contributed by atoms with E-state index < -0.39 is 0 Å². The van der Waals surface area contributed by atoms with Crippen molar-refractivity contribution in [3.8, 4) is 0 Å². The molecule has 2 heteroatoms. The van der Waals surface area contributed by atoms with E-state index in [0.29, 0.717) is 0 Å². The molecule has 0 fully saturated rings. The molecule has 10 heavy (non-hydrogen) atoms. The highest BCUT2D eigenvalue weighted by molar-refractivity contribution is 4.42. The first-order chi connectivity index (χ1) is 4.81. The summed E-state index contributed by atoms with van der Waals surface area (Å²) in [5, 5.41) is 1.87. The number of hydrogen-bond acceptors (Lipinski definition) is 2. The van der Waals surface area contributed by atoms with Gasteiger partial charge in [-0.15, -0.1) is 0 Å². The van der Waals surface area contributed by atoms with Gasteiger partial charge in [-0.25, -0.2) is 0 Å². The monoisotopic (exact) mass is 145 g/mol. The second-order valence-electron chi connectivity index (χ2n) is 2.59. The molecule has 0 aliphatic heterocycles. The highest BCUT2D eigenvalue weighted by atomic mass is 16.7. The van der Waals surface area contributed by atoms with Gasteiger partial charge in [0.2, 0.25) is 0 Å². The predicted octanol–water partition coefficient (Wildman–Crippen LogP) is 2.06. The Morgan fingerprint density at radius 3 is 2.40 bits per heavy atom. The van der Waals surface area contributed by atoms with Crippen molar-refractivity contribution in [2.24, 2.45) is 0 Å². The first-order valence-electron chi connectivity index (χ1n) is 4.06. The van der Waals surface area contributed by atoms with Gasteiger partial charge in [0, 0.05) is 13.6 Å². The van der Waals surface area contributed by atoms with Gasteiger partial charge < -0.3 is 4.84 Å². The number of hydrogen-bond donors (Lipinski definition) is 0. The van der Waals surface area contributed by atoms with Crippen molar-refractivity contribution in [3.63, 3.8) is 0 Å². The van der Waals surface area contributed by atoms with Crippen molar-refractivity contribution in [3.05, 3.63) is 0 Å². The zero-order valence-electron chi connectivity index (χ0n) is 7.39. The van der Waals surface area contributed by atoms with Crippen molar-refractivity contribution >= 4 is 0 Å². The van der Waals surface area contributed by atoms with E-state index in [1.807, 2.05) is 12.1 Å². The van der Waals surface area contributed by atoms with Crippen LogP contribution in [0.4, 0.5) is 0 Å². The molecule has 0 saturated carbocycles. The van der Waals surface area contributed by atoms with Crippen molar-refractivity contribution in [2.45, 2.75) is 32.6 Å². The molecule has 0 rings (SSSR count).